The van der Waals surface area contributed by atoms with Crippen molar-refractivity contribution in [3.63, 3.8) is 0 Å². The molecule has 110 valence electrons. The fourth-order valence-electron chi connectivity index (χ4n) is 1.91. The summed E-state index contributed by atoms with van der Waals surface area (Å²) in [5, 5.41) is 0. The summed E-state index contributed by atoms with van der Waals surface area (Å²) in [7, 11) is -1.64. The zero-order chi connectivity index (χ0) is 15.1. The number of imidazole rings is 1. The van der Waals surface area contributed by atoms with E-state index in [1.807, 2.05) is 0 Å². The Bertz CT molecular complexity index is 748. The molecule has 1 aromatic heterocycles. The van der Waals surface area contributed by atoms with Crippen LogP contribution in [-0.2, 0) is 16.4 Å². The minimum Gasteiger partial charge on any atom is -0.497 e. The number of hydrogen-bond donors (Lipinski definition) is 1. The Labute approximate surface area is 118 Å². The average Bonchev–Trinajstić information content (AvgIpc) is 2.63. The highest BCUT2D eigenvalue weighted by Crippen LogP contribution is 2.27. The monoisotopic (exact) mass is 297 g/mol. The molecule has 0 radical (unpaired) electrons. The van der Waals surface area contributed by atoms with E-state index in [0.717, 1.165) is 5.52 Å². The fourth-order valence-corrected chi connectivity index (χ4v) is 2.28. The van der Waals surface area contributed by atoms with Gasteiger partial charge < -0.3 is 15.0 Å². The van der Waals surface area contributed by atoms with Crippen molar-refractivity contribution in [3.8, 4) is 5.75 Å². The van der Waals surface area contributed by atoms with E-state index in [9.17, 15) is 8.42 Å². The van der Waals surface area contributed by atoms with Gasteiger partial charge in [-0.3, -0.25) is 0 Å². The van der Waals surface area contributed by atoms with Crippen LogP contribution < -0.4 is 10.5 Å². The molecule has 0 fully saturated rings. The van der Waals surface area contributed by atoms with Crippen LogP contribution in [0.2, 0.25) is 0 Å². The molecule has 2 aromatic rings. The highest BCUT2D eigenvalue weighted by Gasteiger charge is 2.32. The first-order valence-corrected chi connectivity index (χ1v) is 8.04. The summed E-state index contributed by atoms with van der Waals surface area (Å²) in [5.74, 6) is 0.973. The van der Waals surface area contributed by atoms with Crippen molar-refractivity contribution in [2.45, 2.75) is 25.1 Å². The molecule has 0 aliphatic carbocycles. The molecule has 6 nitrogen and oxygen atoms in total. The Kier molecular flexibility index (Phi) is 3.41. The Morgan fingerprint density at radius 3 is 2.60 bits per heavy atom. The van der Waals surface area contributed by atoms with E-state index in [-0.39, 0.29) is 6.54 Å². The molecular formula is C13H19N3O3S. The number of hydrogen-bond acceptors (Lipinski definition) is 5. The largest absolute Gasteiger partial charge is 0.497 e. The second kappa shape index (κ2) is 4.66. The highest BCUT2D eigenvalue weighted by molar-refractivity contribution is 7.92. The van der Waals surface area contributed by atoms with E-state index in [1.54, 1.807) is 43.7 Å². The minimum absolute atomic E-state index is 0.237. The number of methoxy groups -OCH3 is 1. The summed E-state index contributed by atoms with van der Waals surface area (Å²) < 4.78 is 29.7. The van der Waals surface area contributed by atoms with Crippen molar-refractivity contribution in [1.82, 2.24) is 9.55 Å². The number of nitrogen functional groups attached to an aromatic ring is 1. The van der Waals surface area contributed by atoms with Gasteiger partial charge >= 0.3 is 0 Å². The van der Waals surface area contributed by atoms with Crippen LogP contribution >= 0.6 is 0 Å². The average molecular weight is 297 g/mol. The van der Waals surface area contributed by atoms with Gasteiger partial charge in [0.2, 0.25) is 5.95 Å². The lowest BCUT2D eigenvalue weighted by Crippen LogP contribution is -2.36. The fraction of sp³-hybridized carbons (Fsp3) is 0.462. The van der Waals surface area contributed by atoms with Crippen LogP contribution in [0.15, 0.2) is 18.2 Å². The van der Waals surface area contributed by atoms with Crippen molar-refractivity contribution in [2.24, 2.45) is 0 Å². The number of sulfone groups is 1. The van der Waals surface area contributed by atoms with Gasteiger partial charge in [0.05, 0.1) is 22.9 Å². The van der Waals surface area contributed by atoms with Crippen molar-refractivity contribution >= 4 is 26.8 Å². The second-order valence-electron chi connectivity index (χ2n) is 5.44. The Morgan fingerprint density at radius 2 is 2.05 bits per heavy atom. The van der Waals surface area contributed by atoms with Crippen molar-refractivity contribution < 1.29 is 13.2 Å². The SMILES string of the molecule is COc1ccc2nc(N)n(CC(C)(C)S(C)(=O)=O)c2c1. The van der Waals surface area contributed by atoms with E-state index in [2.05, 4.69) is 4.98 Å². The predicted molar refractivity (Wildman–Crippen MR) is 79.6 cm³/mol. The van der Waals surface area contributed by atoms with Crippen LogP contribution in [-0.4, -0.2) is 36.1 Å². The number of aromatic nitrogens is 2. The zero-order valence-corrected chi connectivity index (χ0v) is 12.9. The third-order valence-corrected chi connectivity index (χ3v) is 5.66. The van der Waals surface area contributed by atoms with Gasteiger partial charge in [0, 0.05) is 18.9 Å². The van der Waals surface area contributed by atoms with Crippen LogP contribution in [0, 0.1) is 0 Å². The number of benzene rings is 1. The number of fused-ring (bicyclic) bond motifs is 1. The van der Waals surface area contributed by atoms with Gasteiger partial charge in [-0.15, -0.1) is 0 Å². The first-order valence-electron chi connectivity index (χ1n) is 6.15. The van der Waals surface area contributed by atoms with E-state index in [1.165, 1.54) is 6.26 Å². The highest BCUT2D eigenvalue weighted by atomic mass is 32.2. The van der Waals surface area contributed by atoms with Gasteiger partial charge in [-0.25, -0.2) is 13.4 Å². The van der Waals surface area contributed by atoms with Gasteiger partial charge in [-0.1, -0.05) is 0 Å². The molecular weight excluding hydrogens is 278 g/mol. The molecule has 7 heteroatoms. The van der Waals surface area contributed by atoms with E-state index in [4.69, 9.17) is 10.5 Å². The molecule has 1 heterocycles. The Morgan fingerprint density at radius 1 is 1.40 bits per heavy atom. The maximum atomic E-state index is 11.9. The molecule has 0 amide bonds. The molecule has 2 rings (SSSR count). The van der Waals surface area contributed by atoms with E-state index in [0.29, 0.717) is 17.2 Å². The zero-order valence-electron chi connectivity index (χ0n) is 12.0. The molecule has 20 heavy (non-hydrogen) atoms. The van der Waals surface area contributed by atoms with Crippen molar-refractivity contribution in [1.29, 1.82) is 0 Å². The lowest BCUT2D eigenvalue weighted by molar-refractivity contribution is 0.415. The maximum absolute atomic E-state index is 11.9. The van der Waals surface area contributed by atoms with E-state index < -0.39 is 14.6 Å². The first kappa shape index (κ1) is 14.6. The summed E-state index contributed by atoms with van der Waals surface area (Å²) in [5.41, 5.74) is 7.39. The van der Waals surface area contributed by atoms with Gasteiger partial charge in [0.15, 0.2) is 9.84 Å². The topological polar surface area (TPSA) is 87.2 Å². The van der Waals surface area contributed by atoms with Gasteiger partial charge in [-0.2, -0.15) is 0 Å². The standard InChI is InChI=1S/C13H19N3O3S/c1-13(2,20(4,17)18)8-16-11-7-9(19-3)5-6-10(11)15-12(16)14/h5-7H,8H2,1-4H3,(H2,14,15). The molecule has 0 saturated heterocycles. The molecule has 0 bridgehead atoms. The molecule has 0 unspecified atom stereocenters. The van der Waals surface area contributed by atoms with Crippen LogP contribution in [0.1, 0.15) is 13.8 Å². The van der Waals surface area contributed by atoms with Crippen molar-refractivity contribution in [2.75, 3.05) is 19.1 Å². The number of rotatable bonds is 4. The molecule has 0 aliphatic rings. The summed E-state index contributed by atoms with van der Waals surface area (Å²) in [6.45, 7) is 3.59. The second-order valence-corrected chi connectivity index (χ2v) is 8.09. The van der Waals surface area contributed by atoms with Gasteiger partial charge in [-0.05, 0) is 26.0 Å². The molecule has 0 aliphatic heterocycles. The number of ether oxygens (including phenoxy) is 1. The normalized spacial score (nSPS) is 12.8. The number of anilines is 1. The summed E-state index contributed by atoms with van der Waals surface area (Å²) >= 11 is 0. The maximum Gasteiger partial charge on any atom is 0.201 e. The first-order chi connectivity index (χ1) is 9.15. The van der Waals surface area contributed by atoms with Crippen molar-refractivity contribution in [3.05, 3.63) is 18.2 Å². The third-order valence-electron chi connectivity index (χ3n) is 3.53. The smallest absolute Gasteiger partial charge is 0.201 e. The summed E-state index contributed by atoms with van der Waals surface area (Å²) in [6, 6.07) is 5.40. The summed E-state index contributed by atoms with van der Waals surface area (Å²) in [6.07, 6.45) is 1.23. The predicted octanol–water partition coefficient (Wildman–Crippen LogP) is 1.45. The minimum atomic E-state index is -3.21. The molecule has 2 N–H and O–H groups in total. The molecule has 0 saturated carbocycles. The van der Waals surface area contributed by atoms with Gasteiger partial charge in [0.25, 0.3) is 0 Å². The lowest BCUT2D eigenvalue weighted by Gasteiger charge is -2.23. The van der Waals surface area contributed by atoms with Crippen LogP contribution in [0.25, 0.3) is 11.0 Å². The van der Waals surface area contributed by atoms with Crippen LogP contribution in [0.3, 0.4) is 0 Å². The number of nitrogens with zero attached hydrogens (tertiary/aromatic N) is 2. The Balaban J connectivity index is 2.57. The lowest BCUT2D eigenvalue weighted by atomic mass is 10.2. The molecule has 0 atom stereocenters. The Hall–Kier alpha value is -1.76. The third kappa shape index (κ3) is 2.45. The van der Waals surface area contributed by atoms with Gasteiger partial charge in [0.1, 0.15) is 5.75 Å². The molecule has 0 spiro atoms. The quantitative estimate of drug-likeness (QED) is 0.923. The van der Waals surface area contributed by atoms with Crippen LogP contribution in [0.4, 0.5) is 5.95 Å². The molecule has 1 aromatic carbocycles. The van der Waals surface area contributed by atoms with Crippen LogP contribution in [0.5, 0.6) is 5.75 Å². The number of nitrogens with two attached hydrogens (primary N) is 1. The summed E-state index contributed by atoms with van der Waals surface area (Å²) in [4.78, 5) is 4.25. The van der Waals surface area contributed by atoms with E-state index >= 15 is 0 Å².